The van der Waals surface area contributed by atoms with Crippen LogP contribution in [0.25, 0.3) is 10.9 Å². The summed E-state index contributed by atoms with van der Waals surface area (Å²) in [6.07, 6.45) is 6.87. The maximum Gasteiger partial charge on any atom is 0.264 e. The fourth-order valence-electron chi connectivity index (χ4n) is 4.44. The number of rotatable bonds is 7. The minimum Gasteiger partial charge on any atom is -0.385 e. The van der Waals surface area contributed by atoms with Crippen molar-refractivity contribution in [3.05, 3.63) is 108 Å². The lowest BCUT2D eigenvalue weighted by atomic mass is 9.84. The summed E-state index contributed by atoms with van der Waals surface area (Å²) in [6, 6.07) is 17.3. The monoisotopic (exact) mass is 528 g/mol. The zero-order valence-corrected chi connectivity index (χ0v) is 21.8. The summed E-state index contributed by atoms with van der Waals surface area (Å²) >= 11 is 0. The van der Waals surface area contributed by atoms with Crippen LogP contribution in [0.2, 0.25) is 0 Å². The molecular formula is C29H28N4O4S. The molecule has 1 aromatic heterocycles. The third-order valence-corrected chi connectivity index (χ3v) is 8.04. The number of hydrogen-bond donors (Lipinski definition) is 2. The first-order chi connectivity index (χ1) is 18.2. The van der Waals surface area contributed by atoms with Gasteiger partial charge in [-0.3, -0.25) is 14.5 Å². The summed E-state index contributed by atoms with van der Waals surface area (Å²) in [5.74, 6) is -0.223. The Morgan fingerprint density at radius 2 is 1.82 bits per heavy atom. The smallest absolute Gasteiger partial charge is 0.264 e. The van der Waals surface area contributed by atoms with Gasteiger partial charge in [-0.15, -0.1) is 0 Å². The number of carbonyl (C=O) groups is 1. The van der Waals surface area contributed by atoms with Gasteiger partial charge in [-0.2, -0.15) is 5.26 Å². The zero-order valence-electron chi connectivity index (χ0n) is 21.0. The van der Waals surface area contributed by atoms with Gasteiger partial charge in [0.05, 0.1) is 22.8 Å². The van der Waals surface area contributed by atoms with E-state index in [1.54, 1.807) is 66.4 Å². The first-order valence-corrected chi connectivity index (χ1v) is 13.6. The lowest BCUT2D eigenvalue weighted by Gasteiger charge is -2.38. The molecule has 0 aliphatic carbocycles. The standard InChI is InChI=1S/C29H28N4O4S/c1-3-23(28(34)33-18-15-29(35,16-19-33)25-13-10-22(20-30)11-14-25)12-9-21(2)32-38(36,37)26-8-4-6-24-7-5-17-31-27(24)26/h3-14,17,32,35H,2,15-16,18-19H2,1H3/b12-9-,23-3+. The highest BCUT2D eigenvalue weighted by molar-refractivity contribution is 7.89. The molecule has 2 heterocycles. The fraction of sp³-hybridized carbons (Fsp3) is 0.207. The highest BCUT2D eigenvalue weighted by atomic mass is 32.2. The molecule has 2 aromatic carbocycles. The van der Waals surface area contributed by atoms with E-state index in [1.807, 2.05) is 0 Å². The highest BCUT2D eigenvalue weighted by Crippen LogP contribution is 2.33. The molecule has 0 atom stereocenters. The molecule has 3 aromatic rings. The molecule has 1 aliphatic heterocycles. The molecule has 9 heteroatoms. The second-order valence-electron chi connectivity index (χ2n) is 9.05. The number of nitrogens with zero attached hydrogens (tertiary/aromatic N) is 3. The maximum absolute atomic E-state index is 13.1. The number of allylic oxidation sites excluding steroid dienone is 2. The number of likely N-dealkylation sites (tertiary alicyclic amines) is 1. The van der Waals surface area contributed by atoms with Crippen molar-refractivity contribution in [2.45, 2.75) is 30.3 Å². The fourth-order valence-corrected chi connectivity index (χ4v) is 5.65. The van der Waals surface area contributed by atoms with Crippen LogP contribution in [0.4, 0.5) is 0 Å². The van der Waals surface area contributed by atoms with Gasteiger partial charge in [0.1, 0.15) is 4.90 Å². The molecule has 4 rings (SSSR count). The largest absolute Gasteiger partial charge is 0.385 e. The number of nitriles is 1. The Morgan fingerprint density at radius 1 is 1.13 bits per heavy atom. The van der Waals surface area contributed by atoms with Crippen molar-refractivity contribution in [3.63, 3.8) is 0 Å². The first kappa shape index (κ1) is 26.8. The van der Waals surface area contributed by atoms with Gasteiger partial charge >= 0.3 is 0 Å². The molecule has 1 amide bonds. The quantitative estimate of drug-likeness (QED) is 0.354. The SMILES string of the molecule is C=C(/C=C\C(=C/C)C(=O)N1CCC(O)(c2ccc(C#N)cc2)CC1)NS(=O)(=O)c1cccc2cccnc12. The normalized spacial score (nSPS) is 15.8. The van der Waals surface area contributed by atoms with Crippen LogP contribution in [0, 0.1) is 11.3 Å². The third-order valence-electron chi connectivity index (χ3n) is 6.60. The van der Waals surface area contributed by atoms with Crippen molar-refractivity contribution in [2.24, 2.45) is 0 Å². The lowest BCUT2D eigenvalue weighted by molar-refractivity contribution is -0.131. The van der Waals surface area contributed by atoms with E-state index in [-0.39, 0.29) is 16.5 Å². The lowest BCUT2D eigenvalue weighted by Crippen LogP contribution is -2.45. The summed E-state index contributed by atoms with van der Waals surface area (Å²) in [5, 5.41) is 20.8. The topological polar surface area (TPSA) is 123 Å². The Bertz CT molecular complexity index is 1570. The van der Waals surface area contributed by atoms with Gasteiger partial charge in [0.25, 0.3) is 15.9 Å². The number of nitrogens with one attached hydrogen (secondary N) is 1. The summed E-state index contributed by atoms with van der Waals surface area (Å²) in [4.78, 5) is 19.0. The number of piperidine rings is 1. The average molecular weight is 529 g/mol. The number of amides is 1. The van der Waals surface area contributed by atoms with Gasteiger partial charge in [0.2, 0.25) is 0 Å². The Morgan fingerprint density at radius 3 is 2.47 bits per heavy atom. The molecule has 0 spiro atoms. The van der Waals surface area contributed by atoms with Crippen LogP contribution >= 0.6 is 0 Å². The van der Waals surface area contributed by atoms with Crippen molar-refractivity contribution < 1.29 is 18.3 Å². The van der Waals surface area contributed by atoms with Crippen LogP contribution in [0.15, 0.2) is 102 Å². The van der Waals surface area contributed by atoms with Gasteiger partial charge in [-0.25, -0.2) is 8.42 Å². The van der Waals surface area contributed by atoms with E-state index < -0.39 is 15.6 Å². The molecule has 2 N–H and O–H groups in total. The molecule has 0 unspecified atom stereocenters. The second-order valence-corrected chi connectivity index (χ2v) is 10.7. The third kappa shape index (κ3) is 5.67. The molecular weight excluding hydrogens is 500 g/mol. The molecule has 1 saturated heterocycles. The van der Waals surface area contributed by atoms with E-state index in [0.717, 1.165) is 5.56 Å². The molecule has 0 radical (unpaired) electrons. The summed E-state index contributed by atoms with van der Waals surface area (Å²) < 4.78 is 28.4. The van der Waals surface area contributed by atoms with Crippen molar-refractivity contribution in [1.82, 2.24) is 14.6 Å². The van der Waals surface area contributed by atoms with Gasteiger partial charge in [-0.05, 0) is 61.7 Å². The molecule has 38 heavy (non-hydrogen) atoms. The number of para-hydroxylation sites is 1. The van der Waals surface area contributed by atoms with Crippen LogP contribution in [-0.4, -0.2) is 42.4 Å². The van der Waals surface area contributed by atoms with Gasteiger partial charge < -0.3 is 10.0 Å². The van der Waals surface area contributed by atoms with Gasteiger partial charge in [-0.1, -0.05) is 43.0 Å². The number of benzene rings is 2. The van der Waals surface area contributed by atoms with Crippen LogP contribution in [0.3, 0.4) is 0 Å². The second kappa shape index (κ2) is 11.0. The Labute approximate surface area is 222 Å². The minimum absolute atomic E-state index is 0.0375. The predicted molar refractivity (Wildman–Crippen MR) is 145 cm³/mol. The Kier molecular flexibility index (Phi) is 7.76. The summed E-state index contributed by atoms with van der Waals surface area (Å²) in [5.41, 5.74) is 1.00. The summed E-state index contributed by atoms with van der Waals surface area (Å²) in [7, 11) is -3.95. The summed E-state index contributed by atoms with van der Waals surface area (Å²) in [6.45, 7) is 6.21. The van der Waals surface area contributed by atoms with Crippen LogP contribution in [-0.2, 0) is 20.4 Å². The molecule has 1 aliphatic rings. The van der Waals surface area contributed by atoms with Gasteiger partial charge in [0, 0.05) is 35.9 Å². The number of pyridine rings is 1. The van der Waals surface area contributed by atoms with Gasteiger partial charge in [0.15, 0.2) is 0 Å². The van der Waals surface area contributed by atoms with E-state index in [0.29, 0.717) is 48.0 Å². The number of carbonyl (C=O) groups excluding carboxylic acids is 1. The van der Waals surface area contributed by atoms with Crippen LogP contribution < -0.4 is 4.72 Å². The van der Waals surface area contributed by atoms with Crippen molar-refractivity contribution in [1.29, 1.82) is 5.26 Å². The van der Waals surface area contributed by atoms with E-state index in [1.165, 1.54) is 24.4 Å². The minimum atomic E-state index is -3.95. The van der Waals surface area contributed by atoms with E-state index in [9.17, 15) is 18.3 Å². The zero-order chi connectivity index (χ0) is 27.3. The number of aromatic nitrogens is 1. The molecule has 194 valence electrons. The highest BCUT2D eigenvalue weighted by Gasteiger charge is 2.35. The number of sulfonamides is 1. The van der Waals surface area contributed by atoms with Crippen molar-refractivity contribution in [2.75, 3.05) is 13.1 Å². The molecule has 8 nitrogen and oxygen atoms in total. The van der Waals surface area contributed by atoms with E-state index in [2.05, 4.69) is 22.4 Å². The van der Waals surface area contributed by atoms with Crippen molar-refractivity contribution in [3.8, 4) is 6.07 Å². The van der Waals surface area contributed by atoms with Crippen LogP contribution in [0.1, 0.15) is 30.9 Å². The number of aliphatic hydroxyl groups is 1. The first-order valence-electron chi connectivity index (χ1n) is 12.1. The molecule has 0 saturated carbocycles. The predicted octanol–water partition coefficient (Wildman–Crippen LogP) is 3.91. The Hall–Kier alpha value is -4.26. The van der Waals surface area contributed by atoms with E-state index >= 15 is 0 Å². The maximum atomic E-state index is 13.1. The van der Waals surface area contributed by atoms with Crippen molar-refractivity contribution >= 4 is 26.8 Å². The number of hydrogen-bond acceptors (Lipinski definition) is 6. The number of fused-ring (bicyclic) bond motifs is 1. The molecule has 1 fully saturated rings. The molecule has 0 bridgehead atoms. The van der Waals surface area contributed by atoms with E-state index in [4.69, 9.17) is 5.26 Å². The average Bonchev–Trinajstić information content (AvgIpc) is 2.93. The Balaban J connectivity index is 1.40. The van der Waals surface area contributed by atoms with Crippen LogP contribution in [0.5, 0.6) is 0 Å².